The van der Waals surface area contributed by atoms with Gasteiger partial charge in [0.25, 0.3) is 0 Å². The number of anilines is 1. The highest BCUT2D eigenvalue weighted by Crippen LogP contribution is 2.24. The minimum absolute atomic E-state index is 0.115. The number of hydrogen-bond acceptors (Lipinski definition) is 6. The normalized spacial score (nSPS) is 11.0. The molecule has 0 aromatic heterocycles. The number of hydrogen-bond donors (Lipinski definition) is 0. The van der Waals surface area contributed by atoms with Gasteiger partial charge < -0.3 is 14.4 Å². The van der Waals surface area contributed by atoms with Crippen LogP contribution >= 0.6 is 0 Å². The molecule has 0 atom stereocenters. The lowest BCUT2D eigenvalue weighted by atomic mass is 10.1. The number of nitrogens with zero attached hydrogens (tertiary/aromatic N) is 3. The molecule has 0 bridgehead atoms. The molecule has 3 aromatic rings. The van der Waals surface area contributed by atoms with Crippen LogP contribution in [0.25, 0.3) is 0 Å². The van der Waals surface area contributed by atoms with Gasteiger partial charge >= 0.3 is 5.97 Å². The van der Waals surface area contributed by atoms with Gasteiger partial charge in [-0.2, -0.15) is 10.2 Å². The van der Waals surface area contributed by atoms with Crippen LogP contribution < -0.4 is 14.4 Å². The van der Waals surface area contributed by atoms with E-state index < -0.39 is 11.8 Å². The van der Waals surface area contributed by atoms with Crippen molar-refractivity contribution in [3.8, 4) is 11.5 Å². The second-order valence-electron chi connectivity index (χ2n) is 8.76. The molecule has 0 aliphatic carbocycles. The SMILES string of the molecule is CCCCCCCCOc1ccc(C(=O)Oc2ccc(/N=N/c3ccc(N(C)C)cc3)cc2)cc1F. The molecule has 0 fully saturated rings. The van der Waals surface area contributed by atoms with Crippen molar-refractivity contribution in [2.45, 2.75) is 45.4 Å². The molecule has 3 rings (SSSR count). The van der Waals surface area contributed by atoms with Gasteiger partial charge in [0.1, 0.15) is 5.75 Å². The summed E-state index contributed by atoms with van der Waals surface area (Å²) >= 11 is 0. The largest absolute Gasteiger partial charge is 0.491 e. The van der Waals surface area contributed by atoms with E-state index in [-0.39, 0.29) is 11.3 Å². The van der Waals surface area contributed by atoms with E-state index in [9.17, 15) is 9.18 Å². The molecule has 0 heterocycles. The molecule has 0 aliphatic rings. The number of unbranched alkanes of at least 4 members (excludes halogenated alkanes) is 5. The monoisotopic (exact) mass is 491 g/mol. The molecule has 6 nitrogen and oxygen atoms in total. The predicted octanol–water partition coefficient (Wildman–Crippen LogP) is 8.27. The van der Waals surface area contributed by atoms with Crippen molar-refractivity contribution in [1.29, 1.82) is 0 Å². The standard InChI is InChI=1S/C29H34FN3O3/c1-4-5-6-7-8-9-20-35-28-19-10-22(21-27(28)30)29(34)36-26-17-13-24(14-18-26)32-31-23-11-15-25(16-12-23)33(2)3/h10-19,21H,4-9,20H2,1-3H3/b32-31+. The highest BCUT2D eigenvalue weighted by Gasteiger charge is 2.13. The van der Waals surface area contributed by atoms with Crippen LogP contribution in [-0.2, 0) is 0 Å². The zero-order chi connectivity index (χ0) is 25.8. The van der Waals surface area contributed by atoms with E-state index in [4.69, 9.17) is 9.47 Å². The first-order valence-electron chi connectivity index (χ1n) is 12.4. The third kappa shape index (κ3) is 8.48. The van der Waals surface area contributed by atoms with Gasteiger partial charge in [-0.15, -0.1) is 0 Å². The third-order valence-electron chi connectivity index (χ3n) is 5.62. The summed E-state index contributed by atoms with van der Waals surface area (Å²) in [7, 11) is 3.95. The number of carbonyl (C=O) groups is 1. The molecule has 0 unspecified atom stereocenters. The third-order valence-corrected chi connectivity index (χ3v) is 5.62. The Morgan fingerprint density at radius 1 is 0.833 bits per heavy atom. The first kappa shape index (κ1) is 26.9. The van der Waals surface area contributed by atoms with Crippen LogP contribution in [0.4, 0.5) is 21.5 Å². The summed E-state index contributed by atoms with van der Waals surface area (Å²) in [5, 5.41) is 8.43. The van der Waals surface area contributed by atoms with Crippen molar-refractivity contribution < 1.29 is 18.7 Å². The van der Waals surface area contributed by atoms with Crippen molar-refractivity contribution >= 4 is 23.0 Å². The molecule has 0 saturated carbocycles. The zero-order valence-corrected chi connectivity index (χ0v) is 21.2. The molecule has 0 saturated heterocycles. The summed E-state index contributed by atoms with van der Waals surface area (Å²) in [6, 6.07) is 18.5. The summed E-state index contributed by atoms with van der Waals surface area (Å²) in [5.41, 5.74) is 2.54. The topological polar surface area (TPSA) is 63.5 Å². The number of azo groups is 1. The fraction of sp³-hybridized carbons (Fsp3) is 0.345. The van der Waals surface area contributed by atoms with Gasteiger partial charge in [-0.05, 0) is 73.2 Å². The van der Waals surface area contributed by atoms with E-state index in [1.54, 1.807) is 24.3 Å². The molecular weight excluding hydrogens is 457 g/mol. The van der Waals surface area contributed by atoms with Gasteiger partial charge in [0.2, 0.25) is 0 Å². The van der Waals surface area contributed by atoms with E-state index in [1.807, 2.05) is 43.3 Å². The molecule has 7 heteroatoms. The number of carbonyl (C=O) groups excluding carboxylic acids is 1. The van der Waals surface area contributed by atoms with Gasteiger partial charge in [0.15, 0.2) is 11.6 Å². The predicted molar refractivity (Wildman–Crippen MR) is 142 cm³/mol. The van der Waals surface area contributed by atoms with Gasteiger partial charge in [0.05, 0.1) is 23.5 Å². The van der Waals surface area contributed by atoms with Gasteiger partial charge in [-0.1, -0.05) is 39.0 Å². The summed E-state index contributed by atoms with van der Waals surface area (Å²) in [6.45, 7) is 2.64. The molecule has 0 aliphatic heterocycles. The van der Waals surface area contributed by atoms with Crippen LogP contribution in [-0.4, -0.2) is 26.7 Å². The van der Waals surface area contributed by atoms with Crippen molar-refractivity contribution in [3.05, 3.63) is 78.1 Å². The Bertz CT molecular complexity index is 1130. The zero-order valence-electron chi connectivity index (χ0n) is 21.2. The lowest BCUT2D eigenvalue weighted by molar-refractivity contribution is 0.0734. The number of halogens is 1. The van der Waals surface area contributed by atoms with E-state index in [2.05, 4.69) is 17.2 Å². The number of ether oxygens (including phenoxy) is 2. The second-order valence-corrected chi connectivity index (χ2v) is 8.76. The van der Waals surface area contributed by atoms with Crippen LogP contribution in [0.15, 0.2) is 77.0 Å². The highest BCUT2D eigenvalue weighted by atomic mass is 19.1. The molecule has 190 valence electrons. The summed E-state index contributed by atoms with van der Waals surface area (Å²) in [5.74, 6) is -0.749. The molecule has 36 heavy (non-hydrogen) atoms. The first-order valence-corrected chi connectivity index (χ1v) is 12.4. The van der Waals surface area contributed by atoms with E-state index in [0.29, 0.717) is 18.0 Å². The average molecular weight is 492 g/mol. The van der Waals surface area contributed by atoms with Crippen molar-refractivity contribution in [2.75, 3.05) is 25.6 Å². The molecule has 3 aromatic carbocycles. The van der Waals surface area contributed by atoms with Crippen molar-refractivity contribution in [1.82, 2.24) is 0 Å². The maximum atomic E-state index is 14.4. The Labute approximate surface area is 212 Å². The maximum absolute atomic E-state index is 14.4. The van der Waals surface area contributed by atoms with E-state index in [0.717, 1.165) is 30.3 Å². The Morgan fingerprint density at radius 3 is 2.06 bits per heavy atom. The molecule has 0 radical (unpaired) electrons. The number of rotatable bonds is 13. The fourth-order valence-electron chi connectivity index (χ4n) is 3.49. The van der Waals surface area contributed by atoms with Gasteiger partial charge in [-0.25, -0.2) is 9.18 Å². The van der Waals surface area contributed by atoms with E-state index in [1.165, 1.54) is 37.8 Å². The van der Waals surface area contributed by atoms with Crippen LogP contribution in [0, 0.1) is 5.82 Å². The molecule has 0 amide bonds. The number of benzene rings is 3. The average Bonchev–Trinajstić information content (AvgIpc) is 2.88. The fourth-order valence-corrected chi connectivity index (χ4v) is 3.49. The van der Waals surface area contributed by atoms with E-state index >= 15 is 0 Å². The van der Waals surface area contributed by atoms with Crippen molar-refractivity contribution in [2.24, 2.45) is 10.2 Å². The van der Waals surface area contributed by atoms with Gasteiger partial charge in [-0.3, -0.25) is 0 Å². The second kappa shape index (κ2) is 14.0. The Morgan fingerprint density at radius 2 is 1.44 bits per heavy atom. The van der Waals surface area contributed by atoms with Crippen LogP contribution in [0.1, 0.15) is 55.8 Å². The van der Waals surface area contributed by atoms with Crippen LogP contribution in [0.2, 0.25) is 0 Å². The Hall–Kier alpha value is -3.74. The van der Waals surface area contributed by atoms with Crippen LogP contribution in [0.5, 0.6) is 11.5 Å². The minimum atomic E-state index is -0.647. The Balaban J connectivity index is 1.49. The van der Waals surface area contributed by atoms with Gasteiger partial charge in [0, 0.05) is 19.8 Å². The molecule has 0 spiro atoms. The molecule has 0 N–H and O–H groups in total. The highest BCUT2D eigenvalue weighted by molar-refractivity contribution is 5.91. The minimum Gasteiger partial charge on any atom is -0.491 e. The first-order chi connectivity index (χ1) is 17.5. The summed E-state index contributed by atoms with van der Waals surface area (Å²) < 4.78 is 25.3. The maximum Gasteiger partial charge on any atom is 0.343 e. The number of esters is 1. The van der Waals surface area contributed by atoms with Crippen LogP contribution in [0.3, 0.4) is 0 Å². The molecular formula is C29H34FN3O3. The van der Waals surface area contributed by atoms with Crippen molar-refractivity contribution in [3.63, 3.8) is 0 Å². The lowest BCUT2D eigenvalue weighted by Crippen LogP contribution is -2.09. The smallest absolute Gasteiger partial charge is 0.343 e. The Kier molecular flexibility index (Phi) is 10.4. The summed E-state index contributed by atoms with van der Waals surface area (Å²) in [6.07, 6.45) is 6.79. The lowest BCUT2D eigenvalue weighted by Gasteiger charge is -2.11. The quantitative estimate of drug-likeness (QED) is 0.104. The summed E-state index contributed by atoms with van der Waals surface area (Å²) in [4.78, 5) is 14.5.